The fourth-order valence-corrected chi connectivity index (χ4v) is 4.81. The second-order valence-corrected chi connectivity index (χ2v) is 10.5. The molecule has 1 aliphatic heterocycles. The summed E-state index contributed by atoms with van der Waals surface area (Å²) in [6.07, 6.45) is -1.57. The minimum atomic E-state index is -4.85. The third-order valence-electron chi connectivity index (χ3n) is 6.56. The number of aromatic nitrogens is 7. The number of amides is 1. The maximum Gasteiger partial charge on any atom is 0.410 e. The van der Waals surface area contributed by atoms with Crippen LogP contribution in [-0.2, 0) is 17.9 Å². The van der Waals surface area contributed by atoms with Gasteiger partial charge in [-0.2, -0.15) is 13.2 Å². The molecule has 16 heteroatoms. The summed E-state index contributed by atoms with van der Waals surface area (Å²) < 4.78 is 45.6. The molecule has 2 N–H and O–H groups in total. The molecule has 3 atom stereocenters. The van der Waals surface area contributed by atoms with E-state index in [2.05, 4.69) is 30.8 Å². The van der Waals surface area contributed by atoms with Crippen LogP contribution in [0, 0.1) is 5.92 Å². The first-order chi connectivity index (χ1) is 19.5. The highest BCUT2D eigenvalue weighted by Crippen LogP contribution is 2.25. The van der Waals surface area contributed by atoms with Crippen molar-refractivity contribution >= 4 is 29.1 Å². The Hall–Kier alpha value is -3.75. The highest BCUT2D eigenvalue weighted by atomic mass is 35.5. The minimum absolute atomic E-state index is 0.0463. The van der Waals surface area contributed by atoms with Crippen LogP contribution in [0.15, 0.2) is 53.7 Å². The van der Waals surface area contributed by atoms with Crippen molar-refractivity contribution in [2.45, 2.75) is 44.7 Å². The van der Waals surface area contributed by atoms with Crippen LogP contribution in [-0.4, -0.2) is 64.8 Å². The van der Waals surface area contributed by atoms with Gasteiger partial charge in [-0.15, -0.1) is 10.2 Å². The maximum atomic E-state index is 14.2. The molecule has 1 aromatic carbocycles. The van der Waals surface area contributed by atoms with Crippen LogP contribution in [0.4, 0.5) is 13.2 Å². The lowest BCUT2D eigenvalue weighted by Crippen LogP contribution is -2.53. The Labute approximate surface area is 241 Å². The number of hydrogen-bond acceptors (Lipinski definition) is 7. The van der Waals surface area contributed by atoms with Crippen molar-refractivity contribution in [3.8, 4) is 17.2 Å². The zero-order valence-electron chi connectivity index (χ0n) is 21.5. The summed E-state index contributed by atoms with van der Waals surface area (Å²) in [5, 5.41) is 14.3. The predicted octanol–water partition coefficient (Wildman–Crippen LogP) is 3.09. The molecule has 1 aliphatic rings. The first-order valence-corrected chi connectivity index (χ1v) is 13.3. The Morgan fingerprint density at radius 2 is 1.93 bits per heavy atom. The molecule has 3 aromatic heterocycles. The maximum absolute atomic E-state index is 14.2. The molecule has 1 fully saturated rings. The van der Waals surface area contributed by atoms with Gasteiger partial charge in [-0.05, 0) is 55.3 Å². The first kappa shape index (κ1) is 28.8. The van der Waals surface area contributed by atoms with Gasteiger partial charge in [0, 0.05) is 16.8 Å². The molecule has 1 saturated heterocycles. The van der Waals surface area contributed by atoms with Crippen molar-refractivity contribution < 1.29 is 18.0 Å². The summed E-state index contributed by atoms with van der Waals surface area (Å²) in [6, 6.07) is 6.29. The van der Waals surface area contributed by atoms with Crippen LogP contribution >= 0.6 is 23.2 Å². The molecule has 11 nitrogen and oxygen atoms in total. The Morgan fingerprint density at radius 1 is 1.17 bits per heavy atom. The Kier molecular flexibility index (Phi) is 8.16. The fourth-order valence-electron chi connectivity index (χ4n) is 4.47. The van der Waals surface area contributed by atoms with Gasteiger partial charge in [-0.3, -0.25) is 9.36 Å². The minimum Gasteiger partial charge on any atom is -0.342 e. The van der Waals surface area contributed by atoms with E-state index in [4.69, 9.17) is 23.2 Å². The van der Waals surface area contributed by atoms with Gasteiger partial charge in [0.15, 0.2) is 17.5 Å². The van der Waals surface area contributed by atoms with Gasteiger partial charge in [-0.25, -0.2) is 24.1 Å². The molecular weight excluding hydrogens is 586 g/mol. The number of carbonyl (C=O) groups is 1. The summed E-state index contributed by atoms with van der Waals surface area (Å²) in [5.74, 6) is -0.230. The summed E-state index contributed by atoms with van der Waals surface area (Å²) in [6.45, 7) is 1.27. The molecule has 4 heterocycles. The summed E-state index contributed by atoms with van der Waals surface area (Å²) in [4.78, 5) is 34.5. The van der Waals surface area contributed by atoms with E-state index >= 15 is 0 Å². The fraction of sp³-hybridized carbons (Fsp3) is 0.360. The predicted molar refractivity (Wildman–Crippen MR) is 144 cm³/mol. The number of benzene rings is 1. The van der Waals surface area contributed by atoms with E-state index in [9.17, 15) is 22.8 Å². The second-order valence-electron chi connectivity index (χ2n) is 9.70. The van der Waals surface area contributed by atoms with Gasteiger partial charge < -0.3 is 10.6 Å². The molecular formula is C25H24Cl2F3N9O2. The van der Waals surface area contributed by atoms with Crippen LogP contribution in [0.25, 0.3) is 17.2 Å². The lowest BCUT2D eigenvalue weighted by molar-refractivity contribution is -0.164. The van der Waals surface area contributed by atoms with Gasteiger partial charge in [0.1, 0.15) is 18.9 Å². The van der Waals surface area contributed by atoms with E-state index in [-0.39, 0.29) is 24.1 Å². The van der Waals surface area contributed by atoms with Crippen molar-refractivity contribution in [2.75, 3.05) is 6.54 Å². The molecule has 1 amide bonds. The molecule has 1 unspecified atom stereocenters. The van der Waals surface area contributed by atoms with Crippen LogP contribution in [0.5, 0.6) is 0 Å². The van der Waals surface area contributed by atoms with E-state index in [0.717, 1.165) is 9.25 Å². The van der Waals surface area contributed by atoms with Gasteiger partial charge in [0.2, 0.25) is 5.91 Å². The molecule has 5 rings (SSSR count). The van der Waals surface area contributed by atoms with E-state index in [0.29, 0.717) is 34.4 Å². The second kappa shape index (κ2) is 11.6. The average molecular weight is 610 g/mol. The third kappa shape index (κ3) is 6.44. The Balaban J connectivity index is 1.47. The quantitative estimate of drug-likeness (QED) is 0.314. The van der Waals surface area contributed by atoms with Crippen molar-refractivity contribution in [3.63, 3.8) is 0 Å². The Bertz CT molecular complexity index is 1600. The average Bonchev–Trinajstić information content (AvgIpc) is 3.64. The normalized spacial score (nSPS) is 18.0. The molecule has 0 aliphatic carbocycles. The zero-order chi connectivity index (χ0) is 29.3. The lowest BCUT2D eigenvalue weighted by atomic mass is 10.1. The highest BCUT2D eigenvalue weighted by Gasteiger charge is 2.43. The molecule has 0 bridgehead atoms. The number of nitrogens with zero attached hydrogens (tertiary/aromatic N) is 7. The van der Waals surface area contributed by atoms with Crippen LogP contribution in [0.3, 0.4) is 0 Å². The summed E-state index contributed by atoms with van der Waals surface area (Å²) in [7, 11) is 0. The van der Waals surface area contributed by atoms with Gasteiger partial charge in [0.25, 0.3) is 0 Å². The lowest BCUT2D eigenvalue weighted by Gasteiger charge is -2.24. The van der Waals surface area contributed by atoms with Gasteiger partial charge in [0.05, 0.1) is 17.6 Å². The number of nitrogens with one attached hydrogen (secondary N) is 2. The molecule has 0 radical (unpaired) electrons. The smallest absolute Gasteiger partial charge is 0.342 e. The first-order valence-electron chi connectivity index (χ1n) is 12.5. The number of halogens is 5. The number of hydrogen-bond donors (Lipinski definition) is 2. The topological polar surface area (TPSA) is 125 Å². The number of alkyl halides is 3. The summed E-state index contributed by atoms with van der Waals surface area (Å²) >= 11 is 12.2. The molecule has 216 valence electrons. The Morgan fingerprint density at radius 3 is 2.59 bits per heavy atom. The monoisotopic (exact) mass is 609 g/mol. The SMILES string of the molecule is C[C@H]1CN[C@@H](C(=O)NC(Cn2c(-c3ccc(Cl)cc3)nn(Cc3ncn(-c4ncccc4Cl)n3)c2=O)C(F)(F)F)C1. The van der Waals surface area contributed by atoms with E-state index in [1.165, 1.54) is 41.5 Å². The molecule has 0 saturated carbocycles. The standard InChI is InChI=1S/C25H24Cl2F3N9O2/c1-14-9-18(32-10-14)23(40)34-19(25(28,29)30)11-37-21(15-4-6-16(26)7-5-15)36-38(24(37)41)12-20-33-13-39(35-20)22-17(27)3-2-8-31-22/h2-8,13-14,18-19,32H,9-12H2,1H3,(H,34,40)/t14-,18-,19?/m1/s1. The summed E-state index contributed by atoms with van der Waals surface area (Å²) in [5.41, 5.74) is -0.499. The van der Waals surface area contributed by atoms with E-state index in [1.54, 1.807) is 12.1 Å². The molecule has 41 heavy (non-hydrogen) atoms. The van der Waals surface area contributed by atoms with Gasteiger partial charge >= 0.3 is 11.9 Å². The van der Waals surface area contributed by atoms with Gasteiger partial charge in [-0.1, -0.05) is 30.1 Å². The number of pyridine rings is 1. The largest absolute Gasteiger partial charge is 0.410 e. The van der Waals surface area contributed by atoms with Crippen LogP contribution in [0.2, 0.25) is 10.0 Å². The third-order valence-corrected chi connectivity index (χ3v) is 7.10. The zero-order valence-corrected chi connectivity index (χ0v) is 23.0. The van der Waals surface area contributed by atoms with Crippen molar-refractivity contribution in [1.29, 1.82) is 0 Å². The molecule has 4 aromatic rings. The van der Waals surface area contributed by atoms with Crippen LogP contribution < -0.4 is 16.3 Å². The van der Waals surface area contributed by atoms with Crippen LogP contribution in [0.1, 0.15) is 19.2 Å². The number of rotatable bonds is 8. The van der Waals surface area contributed by atoms with Crippen molar-refractivity contribution in [3.05, 3.63) is 75.3 Å². The van der Waals surface area contributed by atoms with E-state index in [1.807, 2.05) is 6.92 Å². The van der Waals surface area contributed by atoms with Crippen molar-refractivity contribution in [1.82, 2.24) is 44.7 Å². The molecule has 0 spiro atoms. The highest BCUT2D eigenvalue weighted by molar-refractivity contribution is 6.32. The van der Waals surface area contributed by atoms with Crippen molar-refractivity contribution in [2.24, 2.45) is 5.92 Å². The number of carbonyl (C=O) groups excluding carboxylic acids is 1. The van der Waals surface area contributed by atoms with E-state index < -0.39 is 36.4 Å².